The number of rotatable bonds is 4. The minimum Gasteiger partial charge on any atom is -0.277 e. The predicted molar refractivity (Wildman–Crippen MR) is 60.5 cm³/mol. The van der Waals surface area contributed by atoms with E-state index in [-0.39, 0.29) is 6.54 Å². The second kappa shape index (κ2) is 4.21. The van der Waals surface area contributed by atoms with Crippen molar-refractivity contribution in [1.29, 1.82) is 0 Å². The van der Waals surface area contributed by atoms with Crippen LogP contribution < -0.4 is 5.32 Å². The maximum Gasteiger partial charge on any atom is 0.330 e. The lowest BCUT2D eigenvalue weighted by Gasteiger charge is -2.30. The first-order valence-corrected chi connectivity index (χ1v) is 7.17. The molecule has 1 N–H and O–H groups in total. The first kappa shape index (κ1) is 12.2. The van der Waals surface area contributed by atoms with E-state index in [1.807, 2.05) is 0 Å². The fourth-order valence-corrected chi connectivity index (χ4v) is 2.46. The van der Waals surface area contributed by atoms with E-state index in [4.69, 9.17) is 0 Å². The van der Waals surface area contributed by atoms with Crippen LogP contribution in [0.3, 0.4) is 0 Å². The van der Waals surface area contributed by atoms with Crippen LogP contribution in [0.4, 0.5) is 4.79 Å². The Morgan fingerprint density at radius 1 is 1.35 bits per heavy atom. The van der Waals surface area contributed by atoms with Gasteiger partial charge in [-0.25, -0.2) is 4.79 Å². The number of hydrogen-bond acceptors (Lipinski definition) is 4. The van der Waals surface area contributed by atoms with Gasteiger partial charge >= 0.3 is 6.03 Å². The summed E-state index contributed by atoms with van der Waals surface area (Å²) in [6, 6.07) is -0.653. The topological polar surface area (TPSA) is 83.6 Å². The van der Waals surface area contributed by atoms with Gasteiger partial charge in [-0.2, -0.15) is 0 Å². The second-order valence-corrected chi connectivity index (χ2v) is 5.98. The zero-order valence-corrected chi connectivity index (χ0v) is 10.3. The zero-order valence-electron chi connectivity index (χ0n) is 9.52. The van der Waals surface area contributed by atoms with E-state index in [9.17, 15) is 18.6 Å². The molecule has 2 aliphatic rings. The summed E-state index contributed by atoms with van der Waals surface area (Å²) in [5.41, 5.74) is -0.973. The fraction of sp³-hybridized carbons (Fsp3) is 0.700. The van der Waals surface area contributed by atoms with E-state index >= 15 is 0 Å². The van der Waals surface area contributed by atoms with Crippen LogP contribution in [0.5, 0.6) is 0 Å². The van der Waals surface area contributed by atoms with Crippen molar-refractivity contribution in [2.24, 2.45) is 5.41 Å². The molecule has 94 valence electrons. The molecule has 1 heterocycles. The number of urea groups is 1. The maximum absolute atomic E-state index is 12.0. The molecule has 7 heteroatoms. The van der Waals surface area contributed by atoms with Gasteiger partial charge < -0.3 is 0 Å². The highest BCUT2D eigenvalue weighted by atomic mass is 32.2. The van der Waals surface area contributed by atoms with E-state index in [1.54, 1.807) is 6.26 Å². The van der Waals surface area contributed by atoms with Gasteiger partial charge in [0, 0.05) is 29.4 Å². The number of carbonyl (C=O) groups is 3. The highest BCUT2D eigenvalue weighted by molar-refractivity contribution is 7.84. The number of nitrogens with zero attached hydrogens (tertiary/aromatic N) is 1. The van der Waals surface area contributed by atoms with Crippen LogP contribution in [0.2, 0.25) is 0 Å². The van der Waals surface area contributed by atoms with Crippen LogP contribution in [0.1, 0.15) is 19.3 Å². The van der Waals surface area contributed by atoms with Crippen molar-refractivity contribution in [2.75, 3.05) is 18.6 Å². The van der Waals surface area contributed by atoms with Crippen molar-refractivity contribution in [2.45, 2.75) is 19.3 Å². The molecule has 0 radical (unpaired) electrons. The Morgan fingerprint density at radius 2 is 2.00 bits per heavy atom. The predicted octanol–water partition coefficient (Wildman–Crippen LogP) is -0.386. The molecule has 0 aromatic carbocycles. The molecule has 2 rings (SSSR count). The number of carbonyl (C=O) groups excluding carboxylic acids is 3. The van der Waals surface area contributed by atoms with Gasteiger partial charge in [0.15, 0.2) is 0 Å². The second-order valence-electron chi connectivity index (χ2n) is 4.43. The highest BCUT2D eigenvalue weighted by Gasteiger charge is 2.61. The van der Waals surface area contributed by atoms with E-state index < -0.39 is 34.1 Å². The Kier molecular flexibility index (Phi) is 3.03. The molecule has 1 unspecified atom stereocenters. The molecular weight excluding hydrogens is 244 g/mol. The lowest BCUT2D eigenvalue weighted by molar-refractivity contribution is -0.144. The van der Waals surface area contributed by atoms with Gasteiger partial charge in [-0.1, -0.05) is 0 Å². The molecule has 4 amide bonds. The van der Waals surface area contributed by atoms with Crippen molar-refractivity contribution in [3.8, 4) is 0 Å². The van der Waals surface area contributed by atoms with Gasteiger partial charge in [0.25, 0.3) is 0 Å². The Bertz CT molecular complexity index is 417. The lowest BCUT2D eigenvalue weighted by Crippen LogP contribution is -2.59. The average molecular weight is 258 g/mol. The maximum atomic E-state index is 12.0. The third kappa shape index (κ3) is 2.11. The van der Waals surface area contributed by atoms with Crippen LogP contribution in [0, 0.1) is 5.41 Å². The molecular formula is C10H14N2O4S. The van der Waals surface area contributed by atoms with Gasteiger partial charge in [-0.3, -0.25) is 24.0 Å². The molecule has 17 heavy (non-hydrogen) atoms. The summed E-state index contributed by atoms with van der Waals surface area (Å²) in [6.07, 6.45) is 3.10. The quantitative estimate of drug-likeness (QED) is 0.696. The van der Waals surface area contributed by atoms with Crippen molar-refractivity contribution >= 4 is 28.6 Å². The third-order valence-electron chi connectivity index (χ3n) is 3.12. The molecule has 1 saturated carbocycles. The van der Waals surface area contributed by atoms with E-state index in [2.05, 4.69) is 5.32 Å². The van der Waals surface area contributed by atoms with Crippen LogP contribution in [-0.2, 0) is 20.4 Å². The average Bonchev–Trinajstić information content (AvgIpc) is 3.02. The zero-order chi connectivity index (χ0) is 12.6. The molecule has 1 spiro atoms. The van der Waals surface area contributed by atoms with E-state index in [1.165, 1.54) is 0 Å². The summed E-state index contributed by atoms with van der Waals surface area (Å²) in [5, 5.41) is 2.20. The van der Waals surface area contributed by atoms with Crippen LogP contribution in [0.25, 0.3) is 0 Å². The first-order chi connectivity index (χ1) is 7.97. The minimum atomic E-state index is -0.973. The summed E-state index contributed by atoms with van der Waals surface area (Å²) >= 11 is 0. The molecule has 1 atom stereocenters. The molecule has 1 aliphatic heterocycles. The van der Waals surface area contributed by atoms with Gasteiger partial charge in [0.2, 0.25) is 11.8 Å². The summed E-state index contributed by atoms with van der Waals surface area (Å²) in [6.45, 7) is 0.222. The SMILES string of the molecule is CS(=O)CCCN1C(=O)NC(=O)C2(CC2)C1=O. The van der Waals surface area contributed by atoms with Gasteiger partial charge in [-0.15, -0.1) is 0 Å². The molecule has 1 aliphatic carbocycles. The Hall–Kier alpha value is -1.24. The summed E-state index contributed by atoms with van der Waals surface area (Å²) in [7, 11) is -0.940. The van der Waals surface area contributed by atoms with Gasteiger partial charge in [0.05, 0.1) is 0 Å². The normalized spacial score (nSPS) is 23.8. The summed E-state index contributed by atoms with van der Waals surface area (Å²) < 4.78 is 10.9. The summed E-state index contributed by atoms with van der Waals surface area (Å²) in [4.78, 5) is 36.0. The van der Waals surface area contributed by atoms with Crippen molar-refractivity contribution in [3.63, 3.8) is 0 Å². The third-order valence-corrected chi connectivity index (χ3v) is 3.98. The first-order valence-electron chi connectivity index (χ1n) is 5.45. The molecule has 1 saturated heterocycles. The Morgan fingerprint density at radius 3 is 2.53 bits per heavy atom. The molecule has 0 bridgehead atoms. The van der Waals surface area contributed by atoms with Crippen molar-refractivity contribution in [3.05, 3.63) is 0 Å². The number of imide groups is 2. The fourth-order valence-electron chi connectivity index (χ4n) is 1.93. The van der Waals surface area contributed by atoms with Crippen molar-refractivity contribution in [1.82, 2.24) is 10.2 Å². The smallest absolute Gasteiger partial charge is 0.277 e. The molecule has 0 aromatic rings. The van der Waals surface area contributed by atoms with Crippen LogP contribution in [-0.4, -0.2) is 45.5 Å². The largest absolute Gasteiger partial charge is 0.330 e. The lowest BCUT2D eigenvalue weighted by atomic mass is 10.0. The molecule has 6 nitrogen and oxygen atoms in total. The number of amides is 4. The highest BCUT2D eigenvalue weighted by Crippen LogP contribution is 2.48. The number of barbiturate groups is 1. The molecule has 2 fully saturated rings. The van der Waals surface area contributed by atoms with Gasteiger partial charge in [-0.05, 0) is 19.3 Å². The Balaban J connectivity index is 2.01. The minimum absolute atomic E-state index is 0.222. The van der Waals surface area contributed by atoms with Crippen molar-refractivity contribution < 1.29 is 18.6 Å². The standard InChI is InChI=1S/C10H14N2O4S/c1-17(16)6-2-5-12-8(14)10(3-4-10)7(13)11-9(12)15/h2-6H2,1H3,(H,11,13,15). The van der Waals surface area contributed by atoms with E-state index in [0.717, 1.165) is 4.90 Å². The van der Waals surface area contributed by atoms with Gasteiger partial charge in [0.1, 0.15) is 5.41 Å². The Labute approximate surface area is 101 Å². The molecule has 0 aromatic heterocycles. The number of nitrogens with one attached hydrogen (secondary N) is 1. The number of hydrogen-bond donors (Lipinski definition) is 1. The van der Waals surface area contributed by atoms with Crippen LogP contribution in [0.15, 0.2) is 0 Å². The van der Waals surface area contributed by atoms with E-state index in [0.29, 0.717) is 25.0 Å². The van der Waals surface area contributed by atoms with Crippen LogP contribution >= 0.6 is 0 Å². The summed E-state index contributed by atoms with van der Waals surface area (Å²) in [5.74, 6) is -0.422. The monoisotopic (exact) mass is 258 g/mol.